The van der Waals surface area contributed by atoms with Gasteiger partial charge >= 0.3 is 0 Å². The second-order valence-corrected chi connectivity index (χ2v) is 4.56. The minimum absolute atomic E-state index is 0.589. The van der Waals surface area contributed by atoms with Crippen molar-refractivity contribution < 1.29 is 4.48 Å². The lowest BCUT2D eigenvalue weighted by Gasteiger charge is -2.45. The monoisotopic (exact) mass is 192 g/mol. The van der Waals surface area contributed by atoms with Crippen LogP contribution >= 0.6 is 0 Å². The quantitative estimate of drug-likeness (QED) is 0.474. The van der Waals surface area contributed by atoms with Gasteiger partial charge in [-0.05, 0) is 6.08 Å². The summed E-state index contributed by atoms with van der Waals surface area (Å²) in [4.78, 5) is 0. The molecule has 0 saturated carbocycles. The van der Waals surface area contributed by atoms with Crippen molar-refractivity contribution in [3.05, 3.63) is 37.5 Å². The van der Waals surface area contributed by atoms with Crippen LogP contribution in [0.3, 0.4) is 0 Å². The van der Waals surface area contributed by atoms with Gasteiger partial charge in [0.2, 0.25) is 0 Å². The molecule has 0 bridgehead atoms. The molecule has 0 N–H and O–H groups in total. The predicted molar refractivity (Wildman–Crippen MR) is 63.1 cm³/mol. The summed E-state index contributed by atoms with van der Waals surface area (Å²) in [5.41, 5.74) is 0. The molecule has 0 aromatic carbocycles. The van der Waals surface area contributed by atoms with Crippen LogP contribution in [0.1, 0.15) is 19.3 Å². The molecule has 0 unspecified atom stereocenters. The molecule has 78 valence electrons. The highest BCUT2D eigenvalue weighted by Gasteiger charge is 2.35. The Morgan fingerprint density at radius 3 is 2.50 bits per heavy atom. The summed E-state index contributed by atoms with van der Waals surface area (Å²) in [6.07, 6.45) is 12.0. The average molecular weight is 192 g/mol. The topological polar surface area (TPSA) is 0 Å². The highest BCUT2D eigenvalue weighted by atomic mass is 15.4. The van der Waals surface area contributed by atoms with Gasteiger partial charge in [-0.1, -0.05) is 18.2 Å². The first-order valence-corrected chi connectivity index (χ1v) is 5.34. The van der Waals surface area contributed by atoms with Gasteiger partial charge in [0.05, 0.1) is 20.1 Å². The van der Waals surface area contributed by atoms with E-state index in [1.807, 2.05) is 12.2 Å². The summed E-state index contributed by atoms with van der Waals surface area (Å²) in [6, 6.07) is 1.27. The van der Waals surface area contributed by atoms with Crippen LogP contribution in [0.4, 0.5) is 0 Å². The van der Waals surface area contributed by atoms with E-state index in [1.54, 1.807) is 0 Å². The molecule has 0 aromatic rings. The maximum Gasteiger partial charge on any atom is 0.111 e. The van der Waals surface area contributed by atoms with Crippen LogP contribution in [0.5, 0.6) is 0 Å². The summed E-state index contributed by atoms with van der Waals surface area (Å²) < 4.78 is 1.06. The Hall–Kier alpha value is -0.820. The molecule has 14 heavy (non-hydrogen) atoms. The largest absolute Gasteiger partial charge is 0.320 e. The SMILES string of the molecule is C=CC[C@H]1CC=C[C@H](CC=C)[N+]1(C)C. The Bertz CT molecular complexity index is 238. The fourth-order valence-corrected chi connectivity index (χ4v) is 2.24. The normalized spacial score (nSPS) is 29.9. The summed E-state index contributed by atoms with van der Waals surface area (Å²) in [6.45, 7) is 7.66. The van der Waals surface area contributed by atoms with Crippen molar-refractivity contribution in [1.29, 1.82) is 0 Å². The number of hydrogen-bond acceptors (Lipinski definition) is 0. The molecule has 0 fully saturated rings. The van der Waals surface area contributed by atoms with E-state index in [2.05, 4.69) is 39.4 Å². The van der Waals surface area contributed by atoms with Crippen molar-refractivity contribution in [2.75, 3.05) is 14.1 Å². The molecule has 0 amide bonds. The lowest BCUT2D eigenvalue weighted by atomic mass is 9.95. The standard InChI is InChI=1S/C13H22N/c1-5-8-12-10-7-11-13(9-6-2)14(12,3)4/h5-7,10,12-13H,1-2,8-9,11H2,3-4H3/q+1/t12-,13-/m0/s1. The molecule has 1 rings (SSSR count). The zero-order chi connectivity index (χ0) is 10.6. The highest BCUT2D eigenvalue weighted by Crippen LogP contribution is 2.27. The zero-order valence-electron chi connectivity index (χ0n) is 9.45. The van der Waals surface area contributed by atoms with Crippen molar-refractivity contribution in [3.8, 4) is 0 Å². The molecule has 2 atom stereocenters. The number of hydrogen-bond donors (Lipinski definition) is 0. The summed E-state index contributed by atoms with van der Waals surface area (Å²) in [5.74, 6) is 0. The van der Waals surface area contributed by atoms with E-state index in [-0.39, 0.29) is 0 Å². The van der Waals surface area contributed by atoms with Gasteiger partial charge in [-0.25, -0.2) is 0 Å². The van der Waals surface area contributed by atoms with E-state index < -0.39 is 0 Å². The number of nitrogens with zero attached hydrogens (tertiary/aromatic N) is 1. The van der Waals surface area contributed by atoms with Crippen LogP contribution in [0.25, 0.3) is 0 Å². The average Bonchev–Trinajstić information content (AvgIpc) is 2.13. The third-order valence-electron chi connectivity index (χ3n) is 3.41. The van der Waals surface area contributed by atoms with E-state index in [1.165, 1.54) is 6.42 Å². The molecule has 0 radical (unpaired) electrons. The van der Waals surface area contributed by atoms with E-state index in [0.29, 0.717) is 12.1 Å². The van der Waals surface area contributed by atoms with Gasteiger partial charge in [0.25, 0.3) is 0 Å². The number of likely N-dealkylation sites (N-methyl/N-ethyl adjacent to an activating group) is 1. The first kappa shape index (κ1) is 11.3. The van der Waals surface area contributed by atoms with Crippen LogP contribution in [0.2, 0.25) is 0 Å². The van der Waals surface area contributed by atoms with E-state index in [0.717, 1.165) is 17.3 Å². The predicted octanol–water partition coefficient (Wildman–Crippen LogP) is 2.91. The summed E-state index contributed by atoms with van der Waals surface area (Å²) >= 11 is 0. The van der Waals surface area contributed by atoms with Crippen molar-refractivity contribution in [1.82, 2.24) is 0 Å². The Balaban J connectivity index is 2.78. The Labute approximate surface area is 88.0 Å². The van der Waals surface area contributed by atoms with Crippen molar-refractivity contribution in [2.45, 2.75) is 31.3 Å². The molecule has 0 spiro atoms. The van der Waals surface area contributed by atoms with Crippen LogP contribution < -0.4 is 0 Å². The number of rotatable bonds is 4. The van der Waals surface area contributed by atoms with Gasteiger partial charge in [-0.3, -0.25) is 0 Å². The van der Waals surface area contributed by atoms with Gasteiger partial charge < -0.3 is 4.48 Å². The fourth-order valence-electron chi connectivity index (χ4n) is 2.24. The molecule has 1 nitrogen and oxygen atoms in total. The molecule has 0 saturated heterocycles. The molecule has 0 aliphatic carbocycles. The molecule has 0 aromatic heterocycles. The zero-order valence-corrected chi connectivity index (χ0v) is 9.45. The second kappa shape index (κ2) is 4.61. The Morgan fingerprint density at radius 2 is 1.93 bits per heavy atom. The van der Waals surface area contributed by atoms with Crippen molar-refractivity contribution in [2.24, 2.45) is 0 Å². The molecule has 1 aliphatic rings. The van der Waals surface area contributed by atoms with Crippen molar-refractivity contribution in [3.63, 3.8) is 0 Å². The van der Waals surface area contributed by atoms with Crippen molar-refractivity contribution >= 4 is 0 Å². The Morgan fingerprint density at radius 1 is 1.29 bits per heavy atom. The van der Waals surface area contributed by atoms with E-state index in [4.69, 9.17) is 0 Å². The van der Waals surface area contributed by atoms with E-state index in [9.17, 15) is 0 Å². The first-order valence-electron chi connectivity index (χ1n) is 5.34. The van der Waals surface area contributed by atoms with E-state index >= 15 is 0 Å². The fraction of sp³-hybridized carbons (Fsp3) is 0.538. The van der Waals surface area contributed by atoms with Crippen LogP contribution in [-0.2, 0) is 0 Å². The van der Waals surface area contributed by atoms with Crippen LogP contribution in [0, 0.1) is 0 Å². The first-order chi connectivity index (χ1) is 6.62. The molecule has 1 heteroatoms. The Kier molecular flexibility index (Phi) is 3.70. The summed E-state index contributed by atoms with van der Waals surface area (Å²) in [5, 5.41) is 0. The third kappa shape index (κ3) is 2.16. The molecule has 1 aliphatic heterocycles. The highest BCUT2D eigenvalue weighted by molar-refractivity contribution is 4.99. The summed E-state index contributed by atoms with van der Waals surface area (Å²) in [7, 11) is 4.62. The maximum absolute atomic E-state index is 3.84. The smallest absolute Gasteiger partial charge is 0.111 e. The molecule has 1 heterocycles. The molecular formula is C13H22N+. The number of quaternary nitrogens is 1. The molecular weight excluding hydrogens is 170 g/mol. The minimum Gasteiger partial charge on any atom is -0.320 e. The van der Waals surface area contributed by atoms with Gasteiger partial charge in [0.15, 0.2) is 0 Å². The van der Waals surface area contributed by atoms with Gasteiger partial charge in [-0.15, -0.1) is 13.2 Å². The van der Waals surface area contributed by atoms with Crippen LogP contribution in [0.15, 0.2) is 37.5 Å². The lowest BCUT2D eigenvalue weighted by Crippen LogP contribution is -2.56. The van der Waals surface area contributed by atoms with Gasteiger partial charge in [0, 0.05) is 19.3 Å². The third-order valence-corrected chi connectivity index (χ3v) is 3.41. The lowest BCUT2D eigenvalue weighted by molar-refractivity contribution is -0.933. The second-order valence-electron chi connectivity index (χ2n) is 4.56. The minimum atomic E-state index is 0.589. The van der Waals surface area contributed by atoms with Gasteiger partial charge in [0.1, 0.15) is 6.04 Å². The van der Waals surface area contributed by atoms with Gasteiger partial charge in [-0.2, -0.15) is 0 Å². The maximum atomic E-state index is 3.84. The van der Waals surface area contributed by atoms with Crippen LogP contribution in [-0.4, -0.2) is 30.7 Å².